The van der Waals surface area contributed by atoms with Crippen LogP contribution in [0.3, 0.4) is 0 Å². The lowest BCUT2D eigenvalue weighted by Crippen LogP contribution is -2.50. The molecule has 2 heterocycles. The molecule has 3 aliphatic rings. The maximum atomic E-state index is 12.4. The maximum absolute atomic E-state index is 12.4. The molecule has 1 amide bonds. The molecule has 0 radical (unpaired) electrons. The number of piperazine rings is 1. The Morgan fingerprint density at radius 3 is 2.72 bits per heavy atom. The molecule has 1 saturated heterocycles. The lowest BCUT2D eigenvalue weighted by Gasteiger charge is -2.35. The Hall–Kier alpha value is -2.05. The van der Waals surface area contributed by atoms with E-state index >= 15 is 0 Å². The summed E-state index contributed by atoms with van der Waals surface area (Å²) in [6, 6.07) is 5.65. The van der Waals surface area contributed by atoms with Crippen molar-refractivity contribution in [3.8, 4) is 11.5 Å². The van der Waals surface area contributed by atoms with Crippen LogP contribution in [0, 0.1) is 5.92 Å². The Kier molecular flexibility index (Phi) is 4.63. The average molecular weight is 344 g/mol. The van der Waals surface area contributed by atoms with Crippen LogP contribution in [0.1, 0.15) is 18.4 Å². The minimum atomic E-state index is -0.201. The fraction of sp³-hybridized carbons (Fsp3) is 0.526. The van der Waals surface area contributed by atoms with E-state index in [2.05, 4.69) is 4.90 Å². The van der Waals surface area contributed by atoms with Gasteiger partial charge in [-0.15, -0.1) is 0 Å². The molecule has 2 aliphatic heterocycles. The number of nitrogens with zero attached hydrogens (tertiary/aromatic N) is 2. The van der Waals surface area contributed by atoms with Gasteiger partial charge in [-0.25, -0.2) is 0 Å². The molecule has 2 fully saturated rings. The standard InChI is InChI=1S/C19H24N2O4/c22-16(15-3-4-15)12-20-7-9-21(10-8-20)19(23)6-2-14-1-5-17-18(11-14)25-13-24-17/h1-2,5-6,11,15-16,22H,3-4,7-10,12-13H2/b6-2+. The summed E-state index contributed by atoms with van der Waals surface area (Å²) in [5, 5.41) is 10.0. The van der Waals surface area contributed by atoms with E-state index in [-0.39, 0.29) is 18.8 Å². The third-order valence-electron chi connectivity index (χ3n) is 5.11. The van der Waals surface area contributed by atoms with Gasteiger partial charge in [0, 0.05) is 38.8 Å². The van der Waals surface area contributed by atoms with Gasteiger partial charge >= 0.3 is 0 Å². The van der Waals surface area contributed by atoms with Gasteiger partial charge in [-0.05, 0) is 42.5 Å². The Morgan fingerprint density at radius 1 is 1.20 bits per heavy atom. The van der Waals surface area contributed by atoms with Crippen molar-refractivity contribution in [1.29, 1.82) is 0 Å². The van der Waals surface area contributed by atoms with Gasteiger partial charge in [0.15, 0.2) is 11.5 Å². The molecule has 134 valence electrons. The van der Waals surface area contributed by atoms with Crippen LogP contribution in [0.4, 0.5) is 0 Å². The molecule has 25 heavy (non-hydrogen) atoms. The predicted molar refractivity (Wildman–Crippen MR) is 93.3 cm³/mol. The number of hydrogen-bond donors (Lipinski definition) is 1. The van der Waals surface area contributed by atoms with Gasteiger partial charge in [-0.3, -0.25) is 9.69 Å². The Morgan fingerprint density at radius 2 is 1.96 bits per heavy atom. The molecule has 1 unspecified atom stereocenters. The first kappa shape index (κ1) is 16.4. The number of β-amino-alcohol motifs (C(OH)–C–C–N with tert-alkyl or cyclic N) is 1. The molecule has 1 aromatic rings. The second-order valence-electron chi connectivity index (χ2n) is 6.98. The summed E-state index contributed by atoms with van der Waals surface area (Å²) in [5.41, 5.74) is 0.920. The largest absolute Gasteiger partial charge is 0.454 e. The van der Waals surface area contributed by atoms with Crippen LogP contribution >= 0.6 is 0 Å². The molecular weight excluding hydrogens is 320 g/mol. The number of carbonyl (C=O) groups excluding carboxylic acids is 1. The predicted octanol–water partition coefficient (Wildman–Crippen LogP) is 1.34. The lowest BCUT2D eigenvalue weighted by atomic mass is 10.1. The van der Waals surface area contributed by atoms with Crippen molar-refractivity contribution in [3.63, 3.8) is 0 Å². The molecule has 1 aliphatic carbocycles. The van der Waals surface area contributed by atoms with Crippen LogP contribution < -0.4 is 9.47 Å². The highest BCUT2D eigenvalue weighted by molar-refractivity contribution is 5.92. The lowest BCUT2D eigenvalue weighted by molar-refractivity contribution is -0.127. The Balaban J connectivity index is 1.27. The van der Waals surface area contributed by atoms with Crippen LogP contribution in [-0.2, 0) is 4.79 Å². The molecule has 1 aromatic carbocycles. The number of carbonyl (C=O) groups is 1. The summed E-state index contributed by atoms with van der Waals surface area (Å²) in [6.45, 7) is 4.06. The van der Waals surface area contributed by atoms with E-state index in [0.29, 0.717) is 19.0 Å². The summed E-state index contributed by atoms with van der Waals surface area (Å²) < 4.78 is 10.6. The van der Waals surface area contributed by atoms with E-state index in [9.17, 15) is 9.90 Å². The maximum Gasteiger partial charge on any atom is 0.246 e. The van der Waals surface area contributed by atoms with Crippen LogP contribution in [0.25, 0.3) is 6.08 Å². The van der Waals surface area contributed by atoms with Crippen molar-refractivity contribution in [1.82, 2.24) is 9.80 Å². The molecule has 1 atom stereocenters. The highest BCUT2D eigenvalue weighted by Crippen LogP contribution is 2.33. The zero-order valence-electron chi connectivity index (χ0n) is 14.3. The number of aliphatic hydroxyl groups is 1. The van der Waals surface area contributed by atoms with Crippen molar-refractivity contribution < 1.29 is 19.4 Å². The molecule has 1 N–H and O–H groups in total. The molecule has 6 heteroatoms. The van der Waals surface area contributed by atoms with E-state index in [1.165, 1.54) is 0 Å². The van der Waals surface area contributed by atoms with Gasteiger partial charge < -0.3 is 19.5 Å². The minimum Gasteiger partial charge on any atom is -0.454 e. The summed E-state index contributed by atoms with van der Waals surface area (Å²) in [6.07, 6.45) is 5.54. The van der Waals surface area contributed by atoms with Gasteiger partial charge in [-0.2, -0.15) is 0 Å². The average Bonchev–Trinajstić information content (AvgIpc) is 3.38. The van der Waals surface area contributed by atoms with Gasteiger partial charge in [-0.1, -0.05) is 6.07 Å². The van der Waals surface area contributed by atoms with Crippen LogP contribution in [0.15, 0.2) is 24.3 Å². The van der Waals surface area contributed by atoms with E-state index in [1.807, 2.05) is 29.2 Å². The van der Waals surface area contributed by atoms with Crippen LogP contribution in [0.5, 0.6) is 11.5 Å². The van der Waals surface area contributed by atoms with E-state index in [1.54, 1.807) is 6.08 Å². The van der Waals surface area contributed by atoms with Crippen LogP contribution in [0.2, 0.25) is 0 Å². The third-order valence-corrected chi connectivity index (χ3v) is 5.11. The molecule has 0 aromatic heterocycles. The molecule has 1 saturated carbocycles. The number of amides is 1. The molecule has 4 rings (SSSR count). The molecular formula is C19H24N2O4. The summed E-state index contributed by atoms with van der Waals surface area (Å²) >= 11 is 0. The second kappa shape index (κ2) is 7.06. The van der Waals surface area contributed by atoms with Crippen molar-refractivity contribution in [3.05, 3.63) is 29.8 Å². The Labute approximate surface area is 147 Å². The quantitative estimate of drug-likeness (QED) is 0.817. The van der Waals surface area contributed by atoms with Crippen molar-refractivity contribution in [2.45, 2.75) is 18.9 Å². The first-order chi connectivity index (χ1) is 12.2. The van der Waals surface area contributed by atoms with Crippen molar-refractivity contribution in [2.24, 2.45) is 5.92 Å². The molecule has 6 nitrogen and oxygen atoms in total. The second-order valence-corrected chi connectivity index (χ2v) is 6.98. The van der Waals surface area contributed by atoms with Gasteiger partial charge in [0.05, 0.1) is 6.10 Å². The summed E-state index contributed by atoms with van der Waals surface area (Å²) in [5.74, 6) is 2.00. The van der Waals surface area contributed by atoms with Crippen molar-refractivity contribution in [2.75, 3.05) is 39.5 Å². The van der Waals surface area contributed by atoms with Gasteiger partial charge in [0.25, 0.3) is 0 Å². The first-order valence-electron chi connectivity index (χ1n) is 8.96. The number of rotatable bonds is 5. The van der Waals surface area contributed by atoms with E-state index in [0.717, 1.165) is 49.5 Å². The topological polar surface area (TPSA) is 62.2 Å². The summed E-state index contributed by atoms with van der Waals surface area (Å²) in [4.78, 5) is 16.5. The summed E-state index contributed by atoms with van der Waals surface area (Å²) in [7, 11) is 0. The normalized spacial score (nSPS) is 21.7. The first-order valence-corrected chi connectivity index (χ1v) is 8.96. The van der Waals surface area contributed by atoms with E-state index < -0.39 is 0 Å². The molecule has 0 bridgehead atoms. The third kappa shape index (κ3) is 3.96. The number of benzene rings is 1. The number of aliphatic hydroxyl groups excluding tert-OH is 1. The fourth-order valence-electron chi connectivity index (χ4n) is 3.34. The highest BCUT2D eigenvalue weighted by atomic mass is 16.7. The van der Waals surface area contributed by atoms with Gasteiger partial charge in [0.2, 0.25) is 12.7 Å². The zero-order valence-corrected chi connectivity index (χ0v) is 14.3. The fourth-order valence-corrected chi connectivity index (χ4v) is 3.34. The number of hydrogen-bond acceptors (Lipinski definition) is 5. The Bertz CT molecular complexity index is 663. The zero-order chi connectivity index (χ0) is 17.2. The van der Waals surface area contributed by atoms with Crippen LogP contribution in [-0.4, -0.2) is 66.4 Å². The highest BCUT2D eigenvalue weighted by Gasteiger charge is 2.31. The van der Waals surface area contributed by atoms with E-state index in [4.69, 9.17) is 9.47 Å². The van der Waals surface area contributed by atoms with Crippen molar-refractivity contribution >= 4 is 12.0 Å². The SMILES string of the molecule is O=C(/C=C/c1ccc2c(c1)OCO2)N1CCN(CC(O)C2CC2)CC1. The monoisotopic (exact) mass is 344 g/mol. The van der Waals surface area contributed by atoms with Gasteiger partial charge in [0.1, 0.15) is 0 Å². The smallest absolute Gasteiger partial charge is 0.246 e. The molecule has 0 spiro atoms. The minimum absolute atomic E-state index is 0.0278. The number of fused-ring (bicyclic) bond motifs is 1. The number of ether oxygens (including phenoxy) is 2.